The van der Waals surface area contributed by atoms with Crippen molar-refractivity contribution in [2.24, 2.45) is 5.73 Å². The summed E-state index contributed by atoms with van der Waals surface area (Å²) in [5.74, 6) is -1.09. The number of anilines is 1. The van der Waals surface area contributed by atoms with Gasteiger partial charge in [0.2, 0.25) is 0 Å². The second-order valence-electron chi connectivity index (χ2n) is 3.53. The van der Waals surface area contributed by atoms with Gasteiger partial charge in [0.1, 0.15) is 17.1 Å². The van der Waals surface area contributed by atoms with Crippen molar-refractivity contribution in [3.63, 3.8) is 0 Å². The van der Waals surface area contributed by atoms with Crippen LogP contribution in [0.3, 0.4) is 0 Å². The average molecular weight is 246 g/mol. The van der Waals surface area contributed by atoms with Crippen LogP contribution in [-0.4, -0.2) is 27.1 Å². The molecule has 2 amide bonds. The van der Waals surface area contributed by atoms with E-state index in [9.17, 15) is 14.7 Å². The highest BCUT2D eigenvalue weighted by atomic mass is 16.3. The minimum atomic E-state index is -0.699. The first kappa shape index (κ1) is 11.6. The summed E-state index contributed by atoms with van der Waals surface area (Å²) < 4.78 is 0. The molecule has 0 saturated carbocycles. The van der Waals surface area contributed by atoms with Gasteiger partial charge in [-0.15, -0.1) is 0 Å². The number of nitrogens with zero attached hydrogens (tertiary/aromatic N) is 1. The second-order valence-corrected chi connectivity index (χ2v) is 3.53. The highest BCUT2D eigenvalue weighted by Gasteiger charge is 2.14. The fourth-order valence-corrected chi connectivity index (χ4v) is 1.40. The molecule has 5 N–H and O–H groups in total. The minimum absolute atomic E-state index is 0.0256. The maximum absolute atomic E-state index is 11.8. The molecule has 0 unspecified atom stereocenters. The summed E-state index contributed by atoms with van der Waals surface area (Å²) in [5, 5.41) is 17.8. The number of aromatic hydroxyl groups is 1. The number of primary amides is 1. The van der Waals surface area contributed by atoms with Gasteiger partial charge in [-0.1, -0.05) is 6.07 Å². The second kappa shape index (κ2) is 4.58. The molecule has 0 spiro atoms. The van der Waals surface area contributed by atoms with E-state index in [4.69, 9.17) is 5.73 Å². The lowest BCUT2D eigenvalue weighted by Crippen LogP contribution is -2.17. The van der Waals surface area contributed by atoms with Crippen molar-refractivity contribution in [2.45, 2.75) is 0 Å². The Kier molecular flexibility index (Phi) is 2.96. The van der Waals surface area contributed by atoms with Gasteiger partial charge >= 0.3 is 0 Å². The fourth-order valence-electron chi connectivity index (χ4n) is 1.40. The van der Waals surface area contributed by atoms with Crippen molar-refractivity contribution in [1.29, 1.82) is 0 Å². The SMILES string of the molecule is NC(=O)c1cn[nH]c1NC(=O)c1cccc(O)c1. The number of phenolic OH excluding ortho intramolecular Hbond substituents is 1. The predicted octanol–water partition coefficient (Wildman–Crippen LogP) is 0.466. The summed E-state index contributed by atoms with van der Waals surface area (Å²) in [6.07, 6.45) is 1.22. The van der Waals surface area contributed by atoms with Crippen molar-refractivity contribution in [2.75, 3.05) is 5.32 Å². The van der Waals surface area contributed by atoms with Crippen LogP contribution in [0.25, 0.3) is 0 Å². The van der Waals surface area contributed by atoms with E-state index >= 15 is 0 Å². The van der Waals surface area contributed by atoms with Crippen molar-refractivity contribution < 1.29 is 14.7 Å². The van der Waals surface area contributed by atoms with E-state index < -0.39 is 11.8 Å². The van der Waals surface area contributed by atoms with Crippen LogP contribution >= 0.6 is 0 Å². The van der Waals surface area contributed by atoms with Crippen LogP contribution in [0.2, 0.25) is 0 Å². The van der Waals surface area contributed by atoms with Crippen LogP contribution in [-0.2, 0) is 0 Å². The number of H-pyrrole nitrogens is 1. The first-order valence-electron chi connectivity index (χ1n) is 5.01. The largest absolute Gasteiger partial charge is 0.508 e. The van der Waals surface area contributed by atoms with E-state index in [-0.39, 0.29) is 22.7 Å². The molecule has 0 radical (unpaired) electrons. The zero-order valence-corrected chi connectivity index (χ0v) is 9.18. The Bertz CT molecular complexity index is 606. The molecule has 7 nitrogen and oxygen atoms in total. The summed E-state index contributed by atoms with van der Waals surface area (Å²) in [4.78, 5) is 22.8. The van der Waals surface area contributed by atoms with Gasteiger partial charge in [0.15, 0.2) is 0 Å². The number of nitrogens with one attached hydrogen (secondary N) is 2. The molecular formula is C11H10N4O3. The summed E-state index contributed by atoms with van der Waals surface area (Å²) in [7, 11) is 0. The molecule has 0 aliphatic heterocycles. The number of rotatable bonds is 3. The molecule has 0 bridgehead atoms. The third kappa shape index (κ3) is 2.29. The quantitative estimate of drug-likeness (QED) is 0.628. The molecule has 1 aromatic heterocycles. The van der Waals surface area contributed by atoms with Gasteiger partial charge in [-0.25, -0.2) is 0 Å². The van der Waals surface area contributed by atoms with Gasteiger partial charge in [0.25, 0.3) is 11.8 Å². The van der Waals surface area contributed by atoms with Crippen LogP contribution < -0.4 is 11.1 Å². The Hall–Kier alpha value is -2.83. The summed E-state index contributed by atoms with van der Waals surface area (Å²) in [5.41, 5.74) is 5.44. The number of carbonyl (C=O) groups excluding carboxylic acids is 2. The molecule has 2 rings (SSSR count). The van der Waals surface area contributed by atoms with Gasteiger partial charge in [0.05, 0.1) is 6.20 Å². The molecule has 2 aromatic rings. The number of phenols is 1. The Labute approximate surface area is 102 Å². The Morgan fingerprint density at radius 1 is 1.39 bits per heavy atom. The van der Waals surface area contributed by atoms with Crippen molar-refractivity contribution >= 4 is 17.6 Å². The van der Waals surface area contributed by atoms with Gasteiger partial charge in [-0.3, -0.25) is 14.7 Å². The molecule has 92 valence electrons. The number of hydrogen-bond donors (Lipinski definition) is 4. The first-order valence-corrected chi connectivity index (χ1v) is 5.01. The van der Waals surface area contributed by atoms with E-state index in [0.717, 1.165) is 0 Å². The lowest BCUT2D eigenvalue weighted by Gasteiger charge is -2.04. The lowest BCUT2D eigenvalue weighted by atomic mass is 10.2. The molecular weight excluding hydrogens is 236 g/mol. The van der Waals surface area contributed by atoms with Gasteiger partial charge in [0, 0.05) is 5.56 Å². The number of hydrogen-bond acceptors (Lipinski definition) is 4. The molecule has 1 heterocycles. The Morgan fingerprint density at radius 3 is 2.83 bits per heavy atom. The van der Waals surface area contributed by atoms with Crippen molar-refractivity contribution in [3.05, 3.63) is 41.6 Å². The number of carbonyl (C=O) groups is 2. The zero-order chi connectivity index (χ0) is 13.1. The molecule has 0 aliphatic carbocycles. The van der Waals surface area contributed by atoms with E-state index in [1.165, 1.54) is 30.5 Å². The monoisotopic (exact) mass is 246 g/mol. The fraction of sp³-hybridized carbons (Fsp3) is 0. The number of aromatic amines is 1. The van der Waals surface area contributed by atoms with Crippen LogP contribution in [0.15, 0.2) is 30.5 Å². The summed E-state index contributed by atoms with van der Waals surface area (Å²) in [6, 6.07) is 5.80. The minimum Gasteiger partial charge on any atom is -0.508 e. The van der Waals surface area contributed by atoms with Crippen molar-refractivity contribution in [1.82, 2.24) is 10.2 Å². The van der Waals surface area contributed by atoms with Crippen LogP contribution in [0, 0.1) is 0 Å². The van der Waals surface area contributed by atoms with E-state index in [0.29, 0.717) is 0 Å². The maximum Gasteiger partial charge on any atom is 0.256 e. The van der Waals surface area contributed by atoms with E-state index in [1.807, 2.05) is 0 Å². The predicted molar refractivity (Wildman–Crippen MR) is 63.2 cm³/mol. The maximum atomic E-state index is 11.8. The van der Waals surface area contributed by atoms with Crippen molar-refractivity contribution in [3.8, 4) is 5.75 Å². The number of aromatic nitrogens is 2. The average Bonchev–Trinajstić information content (AvgIpc) is 2.77. The lowest BCUT2D eigenvalue weighted by molar-refractivity contribution is 0.100. The van der Waals surface area contributed by atoms with E-state index in [2.05, 4.69) is 15.5 Å². The molecule has 1 aromatic carbocycles. The third-order valence-electron chi connectivity index (χ3n) is 2.25. The smallest absolute Gasteiger partial charge is 0.256 e. The number of benzene rings is 1. The molecule has 0 saturated heterocycles. The number of nitrogens with two attached hydrogens (primary N) is 1. The molecule has 18 heavy (non-hydrogen) atoms. The topological polar surface area (TPSA) is 121 Å². The van der Waals surface area contributed by atoms with Gasteiger partial charge in [-0.2, -0.15) is 5.10 Å². The standard InChI is InChI=1S/C11H10N4O3/c12-9(17)8-5-13-15-10(8)14-11(18)6-2-1-3-7(16)4-6/h1-5,16H,(H2,12,17)(H2,13,14,15,18). The zero-order valence-electron chi connectivity index (χ0n) is 9.18. The van der Waals surface area contributed by atoms with Gasteiger partial charge in [-0.05, 0) is 18.2 Å². The molecule has 0 atom stereocenters. The van der Waals surface area contributed by atoms with E-state index in [1.54, 1.807) is 0 Å². The molecule has 7 heteroatoms. The first-order chi connectivity index (χ1) is 8.58. The van der Waals surface area contributed by atoms with Crippen LogP contribution in [0.1, 0.15) is 20.7 Å². The highest BCUT2D eigenvalue weighted by Crippen LogP contribution is 2.14. The third-order valence-corrected chi connectivity index (χ3v) is 2.25. The Balaban J connectivity index is 2.21. The number of amides is 2. The normalized spacial score (nSPS) is 10.0. The summed E-state index contributed by atoms with van der Waals surface area (Å²) in [6.45, 7) is 0. The highest BCUT2D eigenvalue weighted by molar-refractivity contribution is 6.07. The Morgan fingerprint density at radius 2 is 2.17 bits per heavy atom. The van der Waals surface area contributed by atoms with Crippen LogP contribution in [0.4, 0.5) is 5.82 Å². The summed E-state index contributed by atoms with van der Waals surface area (Å²) >= 11 is 0. The molecule has 0 fully saturated rings. The van der Waals surface area contributed by atoms with Gasteiger partial charge < -0.3 is 16.2 Å². The molecule has 0 aliphatic rings. The van der Waals surface area contributed by atoms with Crippen LogP contribution in [0.5, 0.6) is 5.75 Å².